The van der Waals surface area contributed by atoms with Gasteiger partial charge in [-0.25, -0.2) is 4.79 Å². The van der Waals surface area contributed by atoms with Crippen LogP contribution in [0.5, 0.6) is 5.75 Å². The normalized spacial score (nSPS) is 19.7. The maximum Gasteiger partial charge on any atom is 0.332 e. The molecule has 0 amide bonds. The minimum atomic E-state index is -0.469. The molecule has 2 atom stereocenters. The van der Waals surface area contributed by atoms with Gasteiger partial charge in [0.2, 0.25) is 0 Å². The summed E-state index contributed by atoms with van der Waals surface area (Å²) in [6, 6.07) is 12.3. The fourth-order valence-electron chi connectivity index (χ4n) is 4.54. The Hall–Kier alpha value is -3.68. The third-order valence-electron chi connectivity index (χ3n) is 5.96. The Labute approximate surface area is 186 Å². The number of carbonyl (C=O) groups is 1. The van der Waals surface area contributed by atoms with Crippen LogP contribution in [0.3, 0.4) is 0 Å². The van der Waals surface area contributed by atoms with E-state index in [0.29, 0.717) is 11.3 Å². The second kappa shape index (κ2) is 8.82. The summed E-state index contributed by atoms with van der Waals surface area (Å²) in [5.74, 6) is 0.191. The number of nitrogens with zero attached hydrogens (tertiary/aromatic N) is 3. The molecule has 1 heterocycles. The molecule has 0 bridgehead atoms. The molecule has 0 aromatic heterocycles. The summed E-state index contributed by atoms with van der Waals surface area (Å²) in [6.07, 6.45) is 3.01. The second-order valence-electron chi connectivity index (χ2n) is 7.80. The zero-order chi connectivity index (χ0) is 22.8. The number of hydrazone groups is 1. The molecule has 32 heavy (non-hydrogen) atoms. The van der Waals surface area contributed by atoms with Gasteiger partial charge in [-0.2, -0.15) is 5.10 Å². The quantitative estimate of drug-likeness (QED) is 0.289. The summed E-state index contributed by atoms with van der Waals surface area (Å²) in [6.45, 7) is 3.78. The number of esters is 1. The molecule has 2 aromatic rings. The van der Waals surface area contributed by atoms with E-state index in [1.54, 1.807) is 44.2 Å². The maximum absolute atomic E-state index is 12.1. The predicted molar refractivity (Wildman–Crippen MR) is 119 cm³/mol. The molecule has 2 unspecified atom stereocenters. The molecule has 0 saturated heterocycles. The van der Waals surface area contributed by atoms with Gasteiger partial charge in [0.05, 0.1) is 36.0 Å². The number of hydrogen-bond donors (Lipinski definition) is 0. The summed E-state index contributed by atoms with van der Waals surface area (Å²) in [7, 11) is 1.62. The third kappa shape index (κ3) is 3.84. The fraction of sp³-hybridized carbons (Fsp3) is 0.333. The van der Waals surface area contributed by atoms with Gasteiger partial charge in [0.15, 0.2) is 0 Å². The lowest BCUT2D eigenvalue weighted by molar-refractivity contribution is -0.386. The molecule has 0 saturated carbocycles. The van der Waals surface area contributed by atoms with Crippen molar-refractivity contribution in [1.82, 2.24) is 5.01 Å². The highest BCUT2D eigenvalue weighted by atomic mass is 16.6. The first-order valence-electron chi connectivity index (χ1n) is 10.6. The van der Waals surface area contributed by atoms with E-state index in [2.05, 4.69) is 0 Å². The summed E-state index contributed by atoms with van der Waals surface area (Å²) < 4.78 is 10.5. The summed E-state index contributed by atoms with van der Waals surface area (Å²) in [4.78, 5) is 23.6. The van der Waals surface area contributed by atoms with Crippen molar-refractivity contribution in [1.29, 1.82) is 0 Å². The first-order chi connectivity index (χ1) is 15.4. The lowest BCUT2D eigenvalue weighted by Crippen LogP contribution is -2.29. The SMILES string of the molecule is CCOC(=O)/C=C(\C)N1N=C2c3cc(OC)ccc3CCC2C1c1ccccc1[N+](=O)[O-]. The van der Waals surface area contributed by atoms with Gasteiger partial charge in [-0.1, -0.05) is 18.2 Å². The molecule has 0 spiro atoms. The van der Waals surface area contributed by atoms with E-state index in [-0.39, 0.29) is 23.1 Å². The van der Waals surface area contributed by atoms with Crippen molar-refractivity contribution in [3.8, 4) is 5.75 Å². The number of rotatable bonds is 6. The van der Waals surface area contributed by atoms with Crippen LogP contribution in [0.1, 0.15) is 43.0 Å². The van der Waals surface area contributed by atoms with Gasteiger partial charge < -0.3 is 9.47 Å². The van der Waals surface area contributed by atoms with Crippen LogP contribution >= 0.6 is 0 Å². The Bertz CT molecular complexity index is 1120. The molecule has 8 nitrogen and oxygen atoms in total. The number of carbonyl (C=O) groups excluding carboxylic acids is 1. The highest BCUT2D eigenvalue weighted by Gasteiger charge is 2.44. The smallest absolute Gasteiger partial charge is 0.332 e. The van der Waals surface area contributed by atoms with Gasteiger partial charge in [-0.15, -0.1) is 0 Å². The number of para-hydroxylation sites is 1. The van der Waals surface area contributed by atoms with Gasteiger partial charge in [-0.05, 0) is 50.5 Å². The van der Waals surface area contributed by atoms with Crippen molar-refractivity contribution < 1.29 is 19.2 Å². The zero-order valence-corrected chi connectivity index (χ0v) is 18.3. The molecule has 2 aliphatic rings. The summed E-state index contributed by atoms with van der Waals surface area (Å²) in [5.41, 5.74) is 4.18. The Balaban J connectivity index is 1.85. The Morgan fingerprint density at radius 1 is 1.31 bits per heavy atom. The number of aryl methyl sites for hydroxylation is 1. The number of hydrogen-bond acceptors (Lipinski definition) is 7. The molecular weight excluding hydrogens is 410 g/mol. The minimum Gasteiger partial charge on any atom is -0.497 e. The minimum absolute atomic E-state index is 0.0410. The number of fused-ring (bicyclic) bond motifs is 3. The van der Waals surface area contributed by atoms with Gasteiger partial charge in [0, 0.05) is 29.3 Å². The van der Waals surface area contributed by atoms with Crippen LogP contribution in [0.15, 0.2) is 59.3 Å². The lowest BCUT2D eigenvalue weighted by Gasteiger charge is -2.30. The Morgan fingerprint density at radius 3 is 2.81 bits per heavy atom. The number of methoxy groups -OCH3 is 1. The molecule has 1 aliphatic carbocycles. The molecule has 8 heteroatoms. The predicted octanol–water partition coefficient (Wildman–Crippen LogP) is 4.39. The van der Waals surface area contributed by atoms with Crippen molar-refractivity contribution in [3.05, 3.63) is 81.0 Å². The van der Waals surface area contributed by atoms with E-state index >= 15 is 0 Å². The van der Waals surface area contributed by atoms with Crippen molar-refractivity contribution in [3.63, 3.8) is 0 Å². The highest BCUT2D eigenvalue weighted by Crippen LogP contribution is 2.47. The lowest BCUT2D eigenvalue weighted by atomic mass is 9.77. The topological polar surface area (TPSA) is 94.3 Å². The molecule has 2 aromatic carbocycles. The largest absolute Gasteiger partial charge is 0.497 e. The second-order valence-corrected chi connectivity index (χ2v) is 7.80. The van der Waals surface area contributed by atoms with Crippen molar-refractivity contribution >= 4 is 17.4 Å². The first kappa shape index (κ1) is 21.5. The van der Waals surface area contributed by atoms with E-state index in [1.165, 1.54) is 12.1 Å². The van der Waals surface area contributed by atoms with Crippen LogP contribution in [0.2, 0.25) is 0 Å². The summed E-state index contributed by atoms with van der Waals surface area (Å²) >= 11 is 0. The van der Waals surface area contributed by atoms with E-state index in [1.807, 2.05) is 18.2 Å². The third-order valence-corrected chi connectivity index (χ3v) is 5.96. The van der Waals surface area contributed by atoms with Crippen molar-refractivity contribution in [2.24, 2.45) is 11.0 Å². The number of allylic oxidation sites excluding steroid dienone is 1. The molecule has 0 N–H and O–H groups in total. The average molecular weight is 435 g/mol. The van der Waals surface area contributed by atoms with Crippen LogP contribution in [-0.2, 0) is 16.0 Å². The van der Waals surface area contributed by atoms with Crippen molar-refractivity contribution in [2.75, 3.05) is 13.7 Å². The monoisotopic (exact) mass is 435 g/mol. The van der Waals surface area contributed by atoms with Gasteiger partial charge in [-0.3, -0.25) is 15.1 Å². The zero-order valence-electron chi connectivity index (χ0n) is 18.3. The number of nitro benzene ring substituents is 1. The van der Waals surface area contributed by atoms with E-state index < -0.39 is 12.0 Å². The van der Waals surface area contributed by atoms with Crippen LogP contribution in [0, 0.1) is 16.0 Å². The van der Waals surface area contributed by atoms with Gasteiger partial charge >= 0.3 is 5.97 Å². The number of benzene rings is 2. The number of ether oxygens (including phenoxy) is 2. The van der Waals surface area contributed by atoms with Gasteiger partial charge in [0.1, 0.15) is 5.75 Å². The van der Waals surface area contributed by atoms with Crippen LogP contribution in [0.25, 0.3) is 0 Å². The van der Waals surface area contributed by atoms with Crippen LogP contribution < -0.4 is 4.74 Å². The maximum atomic E-state index is 12.1. The Morgan fingerprint density at radius 2 is 2.09 bits per heavy atom. The number of nitro groups is 1. The standard InChI is InChI=1S/C24H25N3O5/c1-4-32-22(28)13-15(2)26-24(18-7-5-6-8-21(18)27(29)30)19-12-10-16-9-11-17(31-3)14-20(16)23(19)25-26/h5-9,11,13-14,19,24H,4,10,12H2,1-3H3/b15-13+. The highest BCUT2D eigenvalue weighted by molar-refractivity contribution is 6.06. The fourth-order valence-corrected chi connectivity index (χ4v) is 4.54. The molecular formula is C24H25N3O5. The molecule has 4 rings (SSSR count). The first-order valence-corrected chi connectivity index (χ1v) is 10.6. The van der Waals surface area contributed by atoms with Crippen LogP contribution in [0.4, 0.5) is 5.69 Å². The van der Waals surface area contributed by atoms with Gasteiger partial charge in [0.25, 0.3) is 5.69 Å². The molecule has 166 valence electrons. The van der Waals surface area contributed by atoms with E-state index in [0.717, 1.165) is 35.4 Å². The Kier molecular flexibility index (Phi) is 5.94. The van der Waals surface area contributed by atoms with E-state index in [4.69, 9.17) is 14.6 Å². The summed E-state index contributed by atoms with van der Waals surface area (Å²) in [5, 5.41) is 18.4. The molecule has 0 fully saturated rings. The van der Waals surface area contributed by atoms with Crippen molar-refractivity contribution in [2.45, 2.75) is 32.7 Å². The average Bonchev–Trinajstić information content (AvgIpc) is 3.19. The van der Waals surface area contributed by atoms with E-state index in [9.17, 15) is 14.9 Å². The van der Waals surface area contributed by atoms with Crippen LogP contribution in [-0.4, -0.2) is 35.3 Å². The molecule has 1 aliphatic heterocycles. The molecule has 0 radical (unpaired) electrons.